The minimum Gasteiger partial charge on any atom is -0.459 e. The lowest BCUT2D eigenvalue weighted by Gasteiger charge is -2.27. The molecule has 0 amide bonds. The van der Waals surface area contributed by atoms with Crippen LogP contribution in [0.25, 0.3) is 0 Å². The molecule has 0 aliphatic rings. The molecule has 0 atom stereocenters. The van der Waals surface area contributed by atoms with E-state index in [1.54, 1.807) is 25.1 Å². The summed E-state index contributed by atoms with van der Waals surface area (Å²) in [5, 5.41) is 18.4. The molecule has 0 spiro atoms. The van der Waals surface area contributed by atoms with Crippen LogP contribution in [0.5, 0.6) is 0 Å². The summed E-state index contributed by atoms with van der Waals surface area (Å²) in [6, 6.07) is 8.09. The maximum Gasteiger partial charge on any atom is 0.379 e. The molecule has 5 heteroatoms. The second-order valence-electron chi connectivity index (χ2n) is 4.44. The fraction of sp³-hybridized carbons (Fsp3) is 0.429. The number of benzene rings is 1. The summed E-state index contributed by atoms with van der Waals surface area (Å²) in [5.74, 6) is -1.72. The molecular formula is C14H18O5. The lowest BCUT2D eigenvalue weighted by Crippen LogP contribution is -2.36. The summed E-state index contributed by atoms with van der Waals surface area (Å²) >= 11 is 0. The summed E-state index contributed by atoms with van der Waals surface area (Å²) in [7, 11) is 0. The fourth-order valence-corrected chi connectivity index (χ4v) is 1.46. The van der Waals surface area contributed by atoms with Gasteiger partial charge in [0.15, 0.2) is 0 Å². The van der Waals surface area contributed by atoms with Gasteiger partial charge >= 0.3 is 5.97 Å². The lowest BCUT2D eigenvalue weighted by atomic mass is 9.88. The molecule has 0 unspecified atom stereocenters. The first-order valence-corrected chi connectivity index (χ1v) is 6.07. The number of carbonyl (C=O) groups excluding carboxylic acids is 2. The van der Waals surface area contributed by atoms with Crippen molar-refractivity contribution in [1.82, 2.24) is 0 Å². The molecule has 1 rings (SSSR count). The maximum absolute atomic E-state index is 11.7. The molecule has 104 valence electrons. The van der Waals surface area contributed by atoms with Gasteiger partial charge < -0.3 is 14.9 Å². The van der Waals surface area contributed by atoms with Crippen molar-refractivity contribution in [1.29, 1.82) is 0 Å². The van der Waals surface area contributed by atoms with Crippen LogP contribution in [-0.2, 0) is 9.53 Å². The van der Waals surface area contributed by atoms with Crippen LogP contribution >= 0.6 is 0 Å². The number of ketones is 1. The van der Waals surface area contributed by atoms with Crippen molar-refractivity contribution in [2.24, 2.45) is 5.41 Å². The van der Waals surface area contributed by atoms with Crippen LogP contribution in [0.3, 0.4) is 0 Å². The van der Waals surface area contributed by atoms with Crippen LogP contribution < -0.4 is 0 Å². The Morgan fingerprint density at radius 2 is 1.74 bits per heavy atom. The molecule has 19 heavy (non-hydrogen) atoms. The van der Waals surface area contributed by atoms with Crippen LogP contribution in [0.1, 0.15) is 23.7 Å². The van der Waals surface area contributed by atoms with Crippen LogP contribution in [0.15, 0.2) is 30.3 Å². The molecule has 0 bridgehead atoms. The van der Waals surface area contributed by atoms with E-state index in [-0.39, 0.29) is 25.4 Å². The molecular weight excluding hydrogens is 248 g/mol. The number of ether oxygens (including phenoxy) is 1. The van der Waals surface area contributed by atoms with Crippen LogP contribution in [0.4, 0.5) is 0 Å². The van der Waals surface area contributed by atoms with Gasteiger partial charge in [0.25, 0.3) is 5.78 Å². The Hall–Kier alpha value is -1.72. The molecule has 0 heterocycles. The van der Waals surface area contributed by atoms with Gasteiger partial charge in [0.05, 0.1) is 18.6 Å². The predicted molar refractivity (Wildman–Crippen MR) is 68.6 cm³/mol. The SMILES string of the molecule is CCC(CO)(CO)COC(=O)C(=O)c1ccccc1. The standard InChI is InChI=1S/C14H18O5/c1-2-14(8-15,9-16)10-19-13(18)12(17)11-6-4-3-5-7-11/h3-7,15-16H,2,8-10H2,1H3. The van der Waals surface area contributed by atoms with Gasteiger partial charge in [0.2, 0.25) is 0 Å². The Morgan fingerprint density at radius 1 is 1.16 bits per heavy atom. The molecule has 0 radical (unpaired) electrons. The zero-order valence-electron chi connectivity index (χ0n) is 10.8. The largest absolute Gasteiger partial charge is 0.459 e. The highest BCUT2D eigenvalue weighted by molar-refractivity contribution is 6.40. The number of aliphatic hydroxyl groups excluding tert-OH is 2. The summed E-state index contributed by atoms with van der Waals surface area (Å²) in [6.45, 7) is 0.951. The molecule has 0 aromatic heterocycles. The van der Waals surface area contributed by atoms with Gasteiger partial charge in [-0.3, -0.25) is 4.79 Å². The quantitative estimate of drug-likeness (QED) is 0.433. The normalized spacial score (nSPS) is 11.1. The van der Waals surface area contributed by atoms with Gasteiger partial charge in [0, 0.05) is 5.56 Å². The van der Waals surface area contributed by atoms with Gasteiger partial charge in [-0.05, 0) is 6.42 Å². The number of aliphatic hydroxyl groups is 2. The third-order valence-electron chi connectivity index (χ3n) is 3.15. The molecule has 2 N–H and O–H groups in total. The number of carbonyl (C=O) groups is 2. The Labute approximate surface area is 111 Å². The van der Waals surface area contributed by atoms with Crippen LogP contribution in [-0.4, -0.2) is 41.8 Å². The monoisotopic (exact) mass is 266 g/mol. The highest BCUT2D eigenvalue weighted by Gasteiger charge is 2.30. The predicted octanol–water partition coefficient (Wildman–Crippen LogP) is 0.793. The van der Waals surface area contributed by atoms with Gasteiger partial charge in [-0.15, -0.1) is 0 Å². The number of hydrogen-bond acceptors (Lipinski definition) is 5. The summed E-state index contributed by atoms with van der Waals surface area (Å²) in [4.78, 5) is 23.3. The molecule has 1 aromatic rings. The topological polar surface area (TPSA) is 83.8 Å². The van der Waals surface area contributed by atoms with Crippen molar-refractivity contribution in [2.45, 2.75) is 13.3 Å². The van der Waals surface area contributed by atoms with Crippen molar-refractivity contribution < 1.29 is 24.5 Å². The minimum absolute atomic E-state index is 0.187. The highest BCUT2D eigenvalue weighted by atomic mass is 16.5. The van der Waals surface area contributed by atoms with E-state index in [0.717, 1.165) is 0 Å². The van der Waals surface area contributed by atoms with Crippen molar-refractivity contribution in [3.63, 3.8) is 0 Å². The highest BCUT2D eigenvalue weighted by Crippen LogP contribution is 2.21. The zero-order valence-corrected chi connectivity index (χ0v) is 10.8. The Balaban J connectivity index is 2.63. The lowest BCUT2D eigenvalue weighted by molar-refractivity contribution is -0.144. The molecule has 0 fully saturated rings. The summed E-state index contributed by atoms with van der Waals surface area (Å²) < 4.78 is 4.89. The molecule has 0 aliphatic heterocycles. The number of rotatable bonds is 7. The first-order chi connectivity index (χ1) is 9.08. The van der Waals surface area contributed by atoms with Crippen molar-refractivity contribution in [3.8, 4) is 0 Å². The Bertz CT molecular complexity index is 414. The Kier molecular flexibility index (Phi) is 5.66. The molecule has 0 saturated heterocycles. The van der Waals surface area contributed by atoms with E-state index >= 15 is 0 Å². The summed E-state index contributed by atoms with van der Waals surface area (Å²) in [5.41, 5.74) is -0.644. The number of esters is 1. The van der Waals surface area contributed by atoms with E-state index in [1.165, 1.54) is 12.1 Å². The third kappa shape index (κ3) is 3.87. The average Bonchev–Trinajstić information content (AvgIpc) is 2.49. The second kappa shape index (κ2) is 7.01. The number of Topliss-reactive ketones (excluding diaryl/α,β-unsaturated/α-hetero) is 1. The first kappa shape index (κ1) is 15.3. The van der Waals surface area contributed by atoms with E-state index in [0.29, 0.717) is 6.42 Å². The van der Waals surface area contributed by atoms with Crippen LogP contribution in [0, 0.1) is 5.41 Å². The molecule has 0 aliphatic carbocycles. The first-order valence-electron chi connectivity index (χ1n) is 6.07. The van der Waals surface area contributed by atoms with Gasteiger partial charge in [0.1, 0.15) is 6.61 Å². The van der Waals surface area contributed by atoms with Crippen molar-refractivity contribution >= 4 is 11.8 Å². The van der Waals surface area contributed by atoms with E-state index in [1.807, 2.05) is 0 Å². The molecule has 0 saturated carbocycles. The van der Waals surface area contributed by atoms with Crippen LogP contribution in [0.2, 0.25) is 0 Å². The zero-order chi connectivity index (χ0) is 14.3. The van der Waals surface area contributed by atoms with Gasteiger partial charge in [-0.25, -0.2) is 4.79 Å². The van der Waals surface area contributed by atoms with Gasteiger partial charge in [-0.1, -0.05) is 37.3 Å². The van der Waals surface area contributed by atoms with Crippen molar-refractivity contribution in [2.75, 3.05) is 19.8 Å². The second-order valence-corrected chi connectivity index (χ2v) is 4.44. The number of hydrogen-bond donors (Lipinski definition) is 2. The fourth-order valence-electron chi connectivity index (χ4n) is 1.46. The van der Waals surface area contributed by atoms with E-state index < -0.39 is 17.2 Å². The summed E-state index contributed by atoms with van der Waals surface area (Å²) in [6.07, 6.45) is 0.437. The minimum atomic E-state index is -0.981. The molecule has 1 aromatic carbocycles. The average molecular weight is 266 g/mol. The van der Waals surface area contributed by atoms with E-state index in [2.05, 4.69) is 0 Å². The van der Waals surface area contributed by atoms with Crippen molar-refractivity contribution in [3.05, 3.63) is 35.9 Å². The molecule has 5 nitrogen and oxygen atoms in total. The Morgan fingerprint density at radius 3 is 2.21 bits per heavy atom. The smallest absolute Gasteiger partial charge is 0.379 e. The van der Waals surface area contributed by atoms with E-state index in [9.17, 15) is 19.8 Å². The van der Waals surface area contributed by atoms with E-state index in [4.69, 9.17) is 4.74 Å². The third-order valence-corrected chi connectivity index (χ3v) is 3.15. The maximum atomic E-state index is 11.7. The van der Waals surface area contributed by atoms with Gasteiger partial charge in [-0.2, -0.15) is 0 Å².